The van der Waals surface area contributed by atoms with Gasteiger partial charge >= 0.3 is 7.82 Å². The van der Waals surface area contributed by atoms with Crippen molar-refractivity contribution in [2.24, 2.45) is 0 Å². The van der Waals surface area contributed by atoms with Crippen molar-refractivity contribution in [3.05, 3.63) is 70.8 Å². The molecule has 0 aliphatic carbocycles. The number of rotatable bonds is 8. The Morgan fingerprint density at radius 2 is 1.54 bits per heavy atom. The van der Waals surface area contributed by atoms with Crippen LogP contribution in [0.25, 0.3) is 12.2 Å². The zero-order valence-corrected chi connectivity index (χ0v) is 14.4. The molecular formula is C18H22NO4P. The maximum absolute atomic E-state index is 10.5. The van der Waals surface area contributed by atoms with Gasteiger partial charge in [0.05, 0.1) is 6.61 Å². The van der Waals surface area contributed by atoms with Gasteiger partial charge in [-0.1, -0.05) is 66.2 Å². The number of benzene rings is 2. The third-order valence-electron chi connectivity index (χ3n) is 3.39. The Kier molecular flexibility index (Phi) is 6.91. The first-order valence-electron chi connectivity index (χ1n) is 7.67. The minimum Gasteiger partial charge on any atom is -0.310 e. The standard InChI is InChI=1S/C18H22NO4P/c1-15-2-4-16(5-3-15)6-7-17-8-10-18(11-9-17)14-19-12-13-23-24(20,21)22/h2-11,19H,12-14H2,1H3,(H2,20,21,22). The molecule has 0 aliphatic heterocycles. The molecule has 0 saturated carbocycles. The third kappa shape index (κ3) is 7.21. The summed E-state index contributed by atoms with van der Waals surface area (Å²) in [6, 6.07) is 16.5. The van der Waals surface area contributed by atoms with E-state index in [4.69, 9.17) is 9.79 Å². The van der Waals surface area contributed by atoms with Crippen LogP contribution in [0.5, 0.6) is 0 Å². The lowest BCUT2D eigenvalue weighted by atomic mass is 10.1. The maximum Gasteiger partial charge on any atom is 0.469 e. The summed E-state index contributed by atoms with van der Waals surface area (Å²) >= 11 is 0. The van der Waals surface area contributed by atoms with Crippen LogP contribution in [0, 0.1) is 6.92 Å². The molecule has 24 heavy (non-hydrogen) atoms. The molecule has 0 fully saturated rings. The predicted molar refractivity (Wildman–Crippen MR) is 96.3 cm³/mol. The van der Waals surface area contributed by atoms with Crippen LogP contribution >= 0.6 is 7.82 Å². The van der Waals surface area contributed by atoms with Crippen molar-refractivity contribution in [1.82, 2.24) is 5.32 Å². The van der Waals surface area contributed by atoms with E-state index in [0.29, 0.717) is 13.1 Å². The van der Waals surface area contributed by atoms with Crippen LogP contribution in [-0.4, -0.2) is 22.9 Å². The van der Waals surface area contributed by atoms with Crippen molar-refractivity contribution >= 4 is 20.0 Å². The first-order valence-corrected chi connectivity index (χ1v) is 9.20. The highest BCUT2D eigenvalue weighted by molar-refractivity contribution is 7.46. The Morgan fingerprint density at radius 1 is 1.00 bits per heavy atom. The molecule has 0 atom stereocenters. The Bertz CT molecular complexity index is 705. The number of phosphoric acid groups is 1. The zero-order chi connectivity index (χ0) is 17.4. The average molecular weight is 347 g/mol. The van der Waals surface area contributed by atoms with Crippen LogP contribution < -0.4 is 5.32 Å². The Labute approximate surface area is 142 Å². The molecule has 0 bridgehead atoms. The topological polar surface area (TPSA) is 78.8 Å². The largest absolute Gasteiger partial charge is 0.469 e. The van der Waals surface area contributed by atoms with Gasteiger partial charge in [-0.3, -0.25) is 4.52 Å². The summed E-state index contributed by atoms with van der Waals surface area (Å²) in [4.78, 5) is 17.1. The number of hydrogen-bond donors (Lipinski definition) is 3. The molecule has 2 aromatic carbocycles. The Balaban J connectivity index is 1.78. The number of hydrogen-bond acceptors (Lipinski definition) is 3. The molecule has 6 heteroatoms. The fourth-order valence-electron chi connectivity index (χ4n) is 2.09. The van der Waals surface area contributed by atoms with Crippen molar-refractivity contribution in [3.63, 3.8) is 0 Å². The van der Waals surface area contributed by atoms with Gasteiger partial charge in [0, 0.05) is 13.1 Å². The lowest BCUT2D eigenvalue weighted by molar-refractivity contribution is 0.197. The number of phosphoric ester groups is 1. The molecule has 0 aromatic heterocycles. The molecule has 5 nitrogen and oxygen atoms in total. The predicted octanol–water partition coefficient (Wildman–Crippen LogP) is 3.36. The van der Waals surface area contributed by atoms with Gasteiger partial charge in [-0.25, -0.2) is 4.57 Å². The summed E-state index contributed by atoms with van der Waals surface area (Å²) < 4.78 is 14.9. The van der Waals surface area contributed by atoms with Crippen molar-refractivity contribution in [2.45, 2.75) is 13.5 Å². The van der Waals surface area contributed by atoms with Gasteiger partial charge in [0.15, 0.2) is 0 Å². The number of nitrogens with one attached hydrogen (secondary N) is 1. The summed E-state index contributed by atoms with van der Waals surface area (Å²) in [5.41, 5.74) is 4.62. The smallest absolute Gasteiger partial charge is 0.310 e. The van der Waals surface area contributed by atoms with Crippen molar-refractivity contribution in [3.8, 4) is 0 Å². The van der Waals surface area contributed by atoms with E-state index in [0.717, 1.165) is 16.7 Å². The van der Waals surface area contributed by atoms with Crippen molar-refractivity contribution < 1.29 is 18.9 Å². The zero-order valence-electron chi connectivity index (χ0n) is 13.6. The van der Waals surface area contributed by atoms with Crippen molar-refractivity contribution in [2.75, 3.05) is 13.2 Å². The second-order valence-corrected chi connectivity index (χ2v) is 6.73. The quantitative estimate of drug-likeness (QED) is 0.388. The van der Waals surface area contributed by atoms with Crippen LogP contribution in [0.2, 0.25) is 0 Å². The highest BCUT2D eigenvalue weighted by atomic mass is 31.2. The van der Waals surface area contributed by atoms with Gasteiger partial charge in [-0.15, -0.1) is 0 Å². The third-order valence-corrected chi connectivity index (χ3v) is 3.91. The second-order valence-electron chi connectivity index (χ2n) is 5.49. The highest BCUT2D eigenvalue weighted by Gasteiger charge is 2.12. The fraction of sp³-hybridized carbons (Fsp3) is 0.222. The summed E-state index contributed by atoms with van der Waals surface area (Å²) in [7, 11) is -4.37. The average Bonchev–Trinajstić information content (AvgIpc) is 2.54. The molecule has 2 rings (SSSR count). The summed E-state index contributed by atoms with van der Waals surface area (Å²) in [5.74, 6) is 0. The van der Waals surface area contributed by atoms with E-state index in [1.165, 1.54) is 5.56 Å². The molecule has 0 aliphatic rings. The SMILES string of the molecule is Cc1ccc(C=Cc2ccc(CNCCOP(=O)(O)O)cc2)cc1. The molecule has 0 saturated heterocycles. The molecule has 0 heterocycles. The molecular weight excluding hydrogens is 325 g/mol. The van der Waals surface area contributed by atoms with Crippen LogP contribution in [0.15, 0.2) is 48.5 Å². The van der Waals surface area contributed by atoms with Crippen LogP contribution in [0.3, 0.4) is 0 Å². The van der Waals surface area contributed by atoms with Gasteiger partial charge in [0.25, 0.3) is 0 Å². The first-order chi connectivity index (χ1) is 11.4. The fourth-order valence-corrected chi connectivity index (χ4v) is 2.42. The molecule has 0 unspecified atom stereocenters. The minimum absolute atomic E-state index is 0.0261. The monoisotopic (exact) mass is 347 g/mol. The summed E-state index contributed by atoms with van der Waals surface area (Å²) in [5, 5.41) is 3.07. The lowest BCUT2D eigenvalue weighted by Gasteiger charge is -2.07. The second kappa shape index (κ2) is 8.92. The normalized spacial score (nSPS) is 12.0. The maximum atomic E-state index is 10.5. The van der Waals surface area contributed by atoms with E-state index in [2.05, 4.69) is 53.2 Å². The van der Waals surface area contributed by atoms with E-state index in [1.807, 2.05) is 24.3 Å². The van der Waals surface area contributed by atoms with Crippen LogP contribution in [-0.2, 0) is 15.6 Å². The highest BCUT2D eigenvalue weighted by Crippen LogP contribution is 2.35. The van der Waals surface area contributed by atoms with Gasteiger partial charge in [-0.05, 0) is 23.6 Å². The molecule has 2 aromatic rings. The molecule has 0 radical (unpaired) electrons. The lowest BCUT2D eigenvalue weighted by Crippen LogP contribution is -2.18. The number of aryl methyl sites for hydroxylation is 1. The van der Waals surface area contributed by atoms with Crippen LogP contribution in [0.4, 0.5) is 0 Å². The van der Waals surface area contributed by atoms with Gasteiger partial charge in [0.1, 0.15) is 0 Å². The summed E-state index contributed by atoms with van der Waals surface area (Å²) in [6.07, 6.45) is 4.14. The van der Waals surface area contributed by atoms with Crippen LogP contribution in [0.1, 0.15) is 22.3 Å². The minimum atomic E-state index is -4.37. The van der Waals surface area contributed by atoms with E-state index >= 15 is 0 Å². The molecule has 128 valence electrons. The van der Waals surface area contributed by atoms with Crippen molar-refractivity contribution in [1.29, 1.82) is 0 Å². The molecule has 3 N–H and O–H groups in total. The van der Waals surface area contributed by atoms with E-state index in [9.17, 15) is 4.57 Å². The van der Waals surface area contributed by atoms with E-state index in [1.54, 1.807) is 0 Å². The van der Waals surface area contributed by atoms with Gasteiger partial charge in [0.2, 0.25) is 0 Å². The van der Waals surface area contributed by atoms with Gasteiger partial charge in [-0.2, -0.15) is 0 Å². The van der Waals surface area contributed by atoms with Gasteiger partial charge < -0.3 is 15.1 Å². The Hall–Kier alpha value is -1.75. The molecule has 0 amide bonds. The molecule has 0 spiro atoms. The Morgan fingerprint density at radius 3 is 2.08 bits per heavy atom. The van der Waals surface area contributed by atoms with E-state index in [-0.39, 0.29) is 6.61 Å². The first kappa shape index (κ1) is 18.6. The summed E-state index contributed by atoms with van der Waals surface area (Å²) in [6.45, 7) is 3.03. The van der Waals surface area contributed by atoms with E-state index < -0.39 is 7.82 Å².